The summed E-state index contributed by atoms with van der Waals surface area (Å²) in [6.45, 7) is 0. The molecular formula is C22H17ClF3NO2. The molecule has 0 heterocycles. The van der Waals surface area contributed by atoms with E-state index < -0.39 is 17.7 Å². The Bertz CT molecular complexity index is 1000. The van der Waals surface area contributed by atoms with Crippen molar-refractivity contribution in [3.05, 3.63) is 94.0 Å². The molecule has 0 aromatic heterocycles. The van der Waals surface area contributed by atoms with E-state index in [0.29, 0.717) is 18.4 Å². The van der Waals surface area contributed by atoms with Crippen molar-refractivity contribution in [2.24, 2.45) is 0 Å². The molecule has 0 radical (unpaired) electrons. The summed E-state index contributed by atoms with van der Waals surface area (Å²) in [4.78, 5) is 10.9. The molecule has 7 heteroatoms. The van der Waals surface area contributed by atoms with Gasteiger partial charge in [0.2, 0.25) is 0 Å². The van der Waals surface area contributed by atoms with Crippen LogP contribution in [0.3, 0.4) is 0 Å². The molecule has 2 N–H and O–H groups in total. The van der Waals surface area contributed by atoms with E-state index >= 15 is 0 Å². The van der Waals surface area contributed by atoms with Crippen LogP contribution in [0.25, 0.3) is 0 Å². The van der Waals surface area contributed by atoms with Crippen LogP contribution in [-0.4, -0.2) is 11.1 Å². The second kappa shape index (κ2) is 8.57. The maximum Gasteiger partial charge on any atom is 0.416 e. The SMILES string of the molecule is O=C(O)c1ccc(Nc2ccc(CCc3ccc(C(F)(F)F)cc3Cl)cc2)cc1. The minimum absolute atomic E-state index is 0.114. The smallest absolute Gasteiger partial charge is 0.416 e. The standard InChI is InChI=1S/C22H17ClF3NO2/c23-20-13-17(22(24,25)26)8-5-15(20)4-1-14-2-9-18(10-3-14)27-19-11-6-16(7-12-19)21(28)29/h2-3,5-13,27H,1,4H2,(H,28,29). The van der Waals surface area contributed by atoms with Crippen LogP contribution in [0.15, 0.2) is 66.7 Å². The first-order valence-electron chi connectivity index (χ1n) is 8.77. The van der Waals surface area contributed by atoms with Crippen molar-refractivity contribution in [2.75, 3.05) is 5.32 Å². The minimum Gasteiger partial charge on any atom is -0.478 e. The third-order valence-electron chi connectivity index (χ3n) is 4.44. The van der Waals surface area contributed by atoms with Crippen molar-refractivity contribution in [1.29, 1.82) is 0 Å². The second-order valence-electron chi connectivity index (χ2n) is 6.51. The molecule has 0 bridgehead atoms. The van der Waals surface area contributed by atoms with E-state index in [0.717, 1.165) is 29.1 Å². The van der Waals surface area contributed by atoms with Crippen molar-refractivity contribution in [3.8, 4) is 0 Å². The van der Waals surface area contributed by atoms with Crippen LogP contribution in [0.4, 0.5) is 24.5 Å². The van der Waals surface area contributed by atoms with Gasteiger partial charge in [-0.05, 0) is 72.5 Å². The van der Waals surface area contributed by atoms with Crippen molar-refractivity contribution < 1.29 is 23.1 Å². The average molecular weight is 420 g/mol. The van der Waals surface area contributed by atoms with Gasteiger partial charge in [-0.1, -0.05) is 29.8 Å². The first kappa shape index (κ1) is 20.7. The van der Waals surface area contributed by atoms with Gasteiger partial charge in [-0.3, -0.25) is 0 Å². The number of halogens is 4. The van der Waals surface area contributed by atoms with Gasteiger partial charge >= 0.3 is 12.1 Å². The summed E-state index contributed by atoms with van der Waals surface area (Å²) in [5.74, 6) is -0.978. The van der Waals surface area contributed by atoms with Crippen molar-refractivity contribution in [2.45, 2.75) is 19.0 Å². The van der Waals surface area contributed by atoms with Gasteiger partial charge in [-0.15, -0.1) is 0 Å². The molecule has 0 aliphatic heterocycles. The van der Waals surface area contributed by atoms with E-state index in [1.807, 2.05) is 24.3 Å². The zero-order chi connectivity index (χ0) is 21.0. The van der Waals surface area contributed by atoms with E-state index in [4.69, 9.17) is 16.7 Å². The van der Waals surface area contributed by atoms with Crippen LogP contribution in [0, 0.1) is 0 Å². The Morgan fingerprint density at radius 3 is 2.00 bits per heavy atom. The molecule has 3 rings (SSSR count). The Kier molecular flexibility index (Phi) is 6.13. The maximum atomic E-state index is 12.7. The molecule has 3 aromatic carbocycles. The Balaban J connectivity index is 1.60. The van der Waals surface area contributed by atoms with Gasteiger partial charge in [0.05, 0.1) is 11.1 Å². The third-order valence-corrected chi connectivity index (χ3v) is 4.79. The summed E-state index contributed by atoms with van der Waals surface area (Å²) in [6, 6.07) is 17.4. The highest BCUT2D eigenvalue weighted by molar-refractivity contribution is 6.31. The van der Waals surface area contributed by atoms with E-state index in [2.05, 4.69) is 5.32 Å². The molecule has 0 unspecified atom stereocenters. The van der Waals surface area contributed by atoms with Gasteiger partial charge < -0.3 is 10.4 Å². The van der Waals surface area contributed by atoms with Gasteiger partial charge in [0.25, 0.3) is 0 Å². The molecule has 3 aromatic rings. The molecule has 0 fully saturated rings. The molecule has 0 saturated carbocycles. The molecular weight excluding hydrogens is 403 g/mol. The largest absolute Gasteiger partial charge is 0.478 e. The summed E-state index contributed by atoms with van der Waals surface area (Å²) in [7, 11) is 0. The molecule has 0 amide bonds. The van der Waals surface area contributed by atoms with Crippen LogP contribution in [-0.2, 0) is 19.0 Å². The second-order valence-corrected chi connectivity index (χ2v) is 6.92. The first-order valence-corrected chi connectivity index (χ1v) is 9.15. The highest BCUT2D eigenvalue weighted by Crippen LogP contribution is 2.32. The topological polar surface area (TPSA) is 49.3 Å². The summed E-state index contributed by atoms with van der Waals surface area (Å²) < 4.78 is 38.1. The van der Waals surface area contributed by atoms with Crippen molar-refractivity contribution in [1.82, 2.24) is 0 Å². The summed E-state index contributed by atoms with van der Waals surface area (Å²) in [6.07, 6.45) is -3.24. The lowest BCUT2D eigenvalue weighted by Crippen LogP contribution is -2.05. The van der Waals surface area contributed by atoms with Gasteiger partial charge in [0.1, 0.15) is 0 Å². The Labute approximate surface area is 170 Å². The lowest BCUT2D eigenvalue weighted by molar-refractivity contribution is -0.137. The van der Waals surface area contributed by atoms with Gasteiger partial charge in [0, 0.05) is 16.4 Å². The fraction of sp³-hybridized carbons (Fsp3) is 0.136. The number of aromatic carboxylic acids is 1. The van der Waals surface area contributed by atoms with Crippen LogP contribution in [0.5, 0.6) is 0 Å². The van der Waals surface area contributed by atoms with Crippen molar-refractivity contribution >= 4 is 28.9 Å². The fourth-order valence-corrected chi connectivity index (χ4v) is 3.10. The van der Waals surface area contributed by atoms with E-state index in [-0.39, 0.29) is 10.6 Å². The number of aryl methyl sites for hydroxylation is 2. The summed E-state index contributed by atoms with van der Waals surface area (Å²) in [5, 5.41) is 12.2. The lowest BCUT2D eigenvalue weighted by atomic mass is 10.0. The number of alkyl halides is 3. The van der Waals surface area contributed by atoms with Crippen LogP contribution >= 0.6 is 11.6 Å². The number of carboxylic acid groups (broad SMARTS) is 1. The number of carbonyl (C=O) groups is 1. The van der Waals surface area contributed by atoms with Crippen LogP contribution in [0.2, 0.25) is 5.02 Å². The van der Waals surface area contributed by atoms with E-state index in [1.54, 1.807) is 12.1 Å². The van der Waals surface area contributed by atoms with E-state index in [1.165, 1.54) is 18.2 Å². The maximum absolute atomic E-state index is 12.7. The number of carboxylic acids is 1. The number of hydrogen-bond donors (Lipinski definition) is 2. The third kappa shape index (κ3) is 5.51. The summed E-state index contributed by atoms with van der Waals surface area (Å²) >= 11 is 6.00. The van der Waals surface area contributed by atoms with Crippen molar-refractivity contribution in [3.63, 3.8) is 0 Å². The highest BCUT2D eigenvalue weighted by Gasteiger charge is 2.30. The van der Waals surface area contributed by atoms with Gasteiger partial charge in [-0.2, -0.15) is 13.2 Å². The number of anilines is 2. The number of rotatable bonds is 6. The Morgan fingerprint density at radius 2 is 1.48 bits per heavy atom. The highest BCUT2D eigenvalue weighted by atomic mass is 35.5. The first-order chi connectivity index (χ1) is 13.7. The Hall–Kier alpha value is -2.99. The van der Waals surface area contributed by atoms with Crippen LogP contribution in [0.1, 0.15) is 27.0 Å². The van der Waals surface area contributed by atoms with Gasteiger partial charge in [0.15, 0.2) is 0 Å². The molecule has 0 spiro atoms. The Morgan fingerprint density at radius 1 is 0.897 bits per heavy atom. The van der Waals surface area contributed by atoms with Crippen LogP contribution < -0.4 is 5.32 Å². The molecule has 3 nitrogen and oxygen atoms in total. The zero-order valence-corrected chi connectivity index (χ0v) is 15.9. The quantitative estimate of drug-likeness (QED) is 0.474. The molecule has 0 aliphatic carbocycles. The predicted molar refractivity (Wildman–Crippen MR) is 107 cm³/mol. The number of hydrogen-bond acceptors (Lipinski definition) is 2. The molecule has 0 aliphatic rings. The van der Waals surface area contributed by atoms with Gasteiger partial charge in [-0.25, -0.2) is 4.79 Å². The minimum atomic E-state index is -4.40. The molecule has 0 atom stereocenters. The normalized spacial score (nSPS) is 11.3. The lowest BCUT2D eigenvalue weighted by Gasteiger charge is -2.11. The summed E-state index contributed by atoms with van der Waals surface area (Å²) in [5.41, 5.74) is 2.75. The zero-order valence-electron chi connectivity index (χ0n) is 15.1. The molecule has 150 valence electrons. The predicted octanol–water partition coefficient (Wildman–Crippen LogP) is 6.59. The monoisotopic (exact) mass is 419 g/mol. The fourth-order valence-electron chi connectivity index (χ4n) is 2.82. The number of benzene rings is 3. The number of nitrogens with one attached hydrogen (secondary N) is 1. The molecule has 29 heavy (non-hydrogen) atoms. The molecule has 0 saturated heterocycles. The van der Waals surface area contributed by atoms with E-state index in [9.17, 15) is 18.0 Å². The average Bonchev–Trinajstić information content (AvgIpc) is 2.68.